The first-order valence-corrected chi connectivity index (χ1v) is 14.8. The molecule has 2 heterocycles. The predicted molar refractivity (Wildman–Crippen MR) is 139 cm³/mol. The molecule has 6 fully saturated rings. The average Bonchev–Trinajstić information content (AvgIpc) is 3.52. The summed E-state index contributed by atoms with van der Waals surface area (Å²) < 4.78 is 0. The van der Waals surface area contributed by atoms with Crippen molar-refractivity contribution in [2.75, 3.05) is 18.0 Å². The van der Waals surface area contributed by atoms with Gasteiger partial charge in [-0.2, -0.15) is 0 Å². The van der Waals surface area contributed by atoms with Gasteiger partial charge < -0.3 is 20.4 Å². The van der Waals surface area contributed by atoms with Crippen LogP contribution in [0.3, 0.4) is 0 Å². The molecule has 5 saturated carbocycles. The van der Waals surface area contributed by atoms with Crippen molar-refractivity contribution in [3.8, 4) is 0 Å². The van der Waals surface area contributed by atoms with E-state index in [2.05, 4.69) is 10.2 Å². The van der Waals surface area contributed by atoms with Gasteiger partial charge in [0.15, 0.2) is 0 Å². The number of carboxylic acids is 1. The Morgan fingerprint density at radius 2 is 1.86 bits per heavy atom. The minimum atomic E-state index is -0.740. The van der Waals surface area contributed by atoms with E-state index in [4.69, 9.17) is 4.98 Å². The Hall–Kier alpha value is -1.80. The number of thioether (sulfide) groups is 1. The maximum absolute atomic E-state index is 13.7. The SMILES string of the molecule is CC(C(=O)O)C1CCN(c2ccc(C(=O)NC3C4CC5CC3CC(O)(C5)C4)c(SC3CCCC3)n2)C1. The Bertz CT molecular complexity index is 1010. The van der Waals surface area contributed by atoms with Crippen molar-refractivity contribution in [1.82, 2.24) is 10.3 Å². The van der Waals surface area contributed by atoms with Gasteiger partial charge in [0.25, 0.3) is 5.91 Å². The van der Waals surface area contributed by atoms with Crippen LogP contribution in [0.5, 0.6) is 0 Å². The lowest BCUT2D eigenvalue weighted by Crippen LogP contribution is -2.61. The van der Waals surface area contributed by atoms with Crippen LogP contribution in [0.2, 0.25) is 0 Å². The number of nitrogens with one attached hydrogen (secondary N) is 1. The fourth-order valence-electron chi connectivity index (χ4n) is 8.08. The summed E-state index contributed by atoms with van der Waals surface area (Å²) >= 11 is 1.75. The summed E-state index contributed by atoms with van der Waals surface area (Å²) in [6.45, 7) is 3.28. The van der Waals surface area contributed by atoms with E-state index in [1.54, 1.807) is 18.7 Å². The molecule has 4 unspecified atom stereocenters. The highest BCUT2D eigenvalue weighted by Gasteiger charge is 2.55. The smallest absolute Gasteiger partial charge is 0.306 e. The molecule has 4 bridgehead atoms. The van der Waals surface area contributed by atoms with Crippen LogP contribution < -0.4 is 10.2 Å². The van der Waals surface area contributed by atoms with E-state index in [0.717, 1.165) is 68.8 Å². The minimum Gasteiger partial charge on any atom is -0.481 e. The maximum Gasteiger partial charge on any atom is 0.306 e. The molecule has 0 spiro atoms. The molecule has 0 aromatic carbocycles. The summed E-state index contributed by atoms with van der Waals surface area (Å²) in [5, 5.41) is 25.1. The first-order chi connectivity index (χ1) is 17.3. The second-order valence-corrected chi connectivity index (χ2v) is 13.7. The van der Waals surface area contributed by atoms with Gasteiger partial charge in [-0.15, -0.1) is 11.8 Å². The van der Waals surface area contributed by atoms with Gasteiger partial charge in [0, 0.05) is 24.4 Å². The van der Waals surface area contributed by atoms with E-state index in [0.29, 0.717) is 35.1 Å². The van der Waals surface area contributed by atoms with Gasteiger partial charge in [-0.3, -0.25) is 9.59 Å². The van der Waals surface area contributed by atoms with E-state index in [1.807, 2.05) is 12.1 Å². The summed E-state index contributed by atoms with van der Waals surface area (Å²) in [5.74, 6) is 1.19. The molecule has 196 valence electrons. The number of aliphatic carboxylic acids is 1. The molecule has 3 N–H and O–H groups in total. The Kier molecular flexibility index (Phi) is 6.47. The van der Waals surface area contributed by atoms with Crippen LogP contribution in [0.25, 0.3) is 0 Å². The summed E-state index contributed by atoms with van der Waals surface area (Å²) in [7, 11) is 0. The van der Waals surface area contributed by atoms with Gasteiger partial charge in [0.05, 0.1) is 17.1 Å². The fourth-order valence-corrected chi connectivity index (χ4v) is 9.40. The molecule has 0 radical (unpaired) electrons. The summed E-state index contributed by atoms with van der Waals surface area (Å²) in [6.07, 6.45) is 10.4. The Morgan fingerprint density at radius 3 is 2.53 bits per heavy atom. The van der Waals surface area contributed by atoms with Crippen molar-refractivity contribution in [3.63, 3.8) is 0 Å². The lowest BCUT2D eigenvalue weighted by atomic mass is 9.52. The van der Waals surface area contributed by atoms with Crippen molar-refractivity contribution in [2.45, 2.75) is 93.1 Å². The number of hydrogen-bond donors (Lipinski definition) is 3. The predicted octanol–water partition coefficient (Wildman–Crippen LogP) is 4.33. The van der Waals surface area contributed by atoms with Gasteiger partial charge in [-0.05, 0) is 87.2 Å². The number of carbonyl (C=O) groups is 2. The number of rotatable bonds is 7. The number of nitrogens with zero attached hydrogens (tertiary/aromatic N) is 2. The van der Waals surface area contributed by atoms with Gasteiger partial charge in [0.2, 0.25) is 0 Å². The molecule has 8 heteroatoms. The second-order valence-electron chi connectivity index (χ2n) is 12.4. The fraction of sp³-hybridized carbons (Fsp3) is 0.750. The zero-order chi connectivity index (χ0) is 25.0. The number of aromatic nitrogens is 1. The summed E-state index contributed by atoms with van der Waals surface area (Å²) in [4.78, 5) is 32.3. The van der Waals surface area contributed by atoms with E-state index >= 15 is 0 Å². The zero-order valence-corrected chi connectivity index (χ0v) is 22.0. The molecule has 36 heavy (non-hydrogen) atoms. The van der Waals surface area contributed by atoms with E-state index in [1.165, 1.54) is 12.8 Å². The number of hydrogen-bond acceptors (Lipinski definition) is 6. The molecule has 4 atom stereocenters. The highest BCUT2D eigenvalue weighted by molar-refractivity contribution is 7.99. The maximum atomic E-state index is 13.7. The Labute approximate surface area is 217 Å². The van der Waals surface area contributed by atoms with Crippen LogP contribution in [0, 0.1) is 29.6 Å². The molecule has 1 amide bonds. The van der Waals surface area contributed by atoms with Crippen LogP contribution >= 0.6 is 11.8 Å². The van der Waals surface area contributed by atoms with Gasteiger partial charge in [-0.25, -0.2) is 4.98 Å². The largest absolute Gasteiger partial charge is 0.481 e. The van der Waals surface area contributed by atoms with Crippen LogP contribution in [0.15, 0.2) is 17.2 Å². The molecule has 1 aromatic rings. The molecule has 6 aliphatic rings. The normalized spacial score (nSPS) is 36.4. The number of aliphatic hydroxyl groups is 1. The quantitative estimate of drug-likeness (QED) is 0.499. The number of anilines is 1. The van der Waals surface area contributed by atoms with Crippen LogP contribution in [-0.2, 0) is 4.79 Å². The molecule has 7 rings (SSSR count). The van der Waals surface area contributed by atoms with Crippen molar-refractivity contribution >= 4 is 29.5 Å². The molecule has 1 saturated heterocycles. The topological polar surface area (TPSA) is 103 Å². The van der Waals surface area contributed by atoms with Crippen molar-refractivity contribution < 1.29 is 19.8 Å². The Morgan fingerprint density at radius 1 is 1.14 bits per heavy atom. The molecular formula is C28H39N3O4S. The summed E-state index contributed by atoms with van der Waals surface area (Å²) in [6, 6.07) is 4.03. The lowest BCUT2D eigenvalue weighted by Gasteiger charge is -2.58. The molecule has 5 aliphatic carbocycles. The number of pyridine rings is 1. The number of amides is 1. The number of carbonyl (C=O) groups excluding carboxylic acids is 1. The first kappa shape index (κ1) is 24.5. The van der Waals surface area contributed by atoms with Gasteiger partial charge >= 0.3 is 5.97 Å². The van der Waals surface area contributed by atoms with E-state index in [-0.39, 0.29) is 23.8 Å². The van der Waals surface area contributed by atoms with Crippen molar-refractivity contribution in [1.29, 1.82) is 0 Å². The molecule has 1 aromatic heterocycles. The van der Waals surface area contributed by atoms with Crippen molar-refractivity contribution in [2.24, 2.45) is 29.6 Å². The van der Waals surface area contributed by atoms with E-state index in [9.17, 15) is 19.8 Å². The molecule has 1 aliphatic heterocycles. The van der Waals surface area contributed by atoms with Crippen LogP contribution in [-0.4, -0.2) is 57.1 Å². The van der Waals surface area contributed by atoms with Crippen LogP contribution in [0.4, 0.5) is 5.82 Å². The molecule has 7 nitrogen and oxygen atoms in total. The third-order valence-corrected chi connectivity index (χ3v) is 11.2. The highest BCUT2D eigenvalue weighted by Crippen LogP contribution is 2.55. The van der Waals surface area contributed by atoms with Gasteiger partial charge in [-0.1, -0.05) is 19.8 Å². The van der Waals surface area contributed by atoms with Gasteiger partial charge in [0.1, 0.15) is 10.8 Å². The van der Waals surface area contributed by atoms with E-state index < -0.39 is 11.6 Å². The lowest BCUT2D eigenvalue weighted by molar-refractivity contribution is -0.142. The monoisotopic (exact) mass is 513 g/mol. The van der Waals surface area contributed by atoms with Crippen molar-refractivity contribution in [3.05, 3.63) is 17.7 Å². The average molecular weight is 514 g/mol. The highest BCUT2D eigenvalue weighted by atomic mass is 32.2. The summed E-state index contributed by atoms with van der Waals surface area (Å²) in [5.41, 5.74) is 0.161. The third kappa shape index (κ3) is 4.64. The van der Waals surface area contributed by atoms with Crippen LogP contribution in [0.1, 0.15) is 81.5 Å². The standard InChI is InChI=1S/C28H39N3O4S/c1-16(27(33)34)18-8-9-31(15-18)23-7-6-22(26(29-23)36-21-4-2-3-5-21)25(32)30-24-19-10-17-11-20(24)14-28(35,12-17)13-19/h6-7,16-21,24,35H,2-5,8-15H2,1H3,(H,30,32)(H,33,34). The number of carboxylic acid groups (broad SMARTS) is 1. The Balaban J connectivity index is 1.21. The third-order valence-electron chi connectivity index (χ3n) is 9.85. The second kappa shape index (κ2) is 9.50. The first-order valence-electron chi connectivity index (χ1n) is 14.0. The minimum absolute atomic E-state index is 0.0298. The zero-order valence-electron chi connectivity index (χ0n) is 21.2. The molecular weight excluding hydrogens is 474 g/mol.